The lowest BCUT2D eigenvalue weighted by atomic mass is 10.2. The molecule has 150 valence electrons. The van der Waals surface area contributed by atoms with Crippen LogP contribution in [0.1, 0.15) is 5.56 Å². The minimum absolute atomic E-state index is 0.0496. The summed E-state index contributed by atoms with van der Waals surface area (Å²) in [6.45, 7) is 5.18. The molecule has 0 radical (unpaired) electrons. The number of nitrogens with zero attached hydrogens (tertiary/aromatic N) is 2. The van der Waals surface area contributed by atoms with Crippen LogP contribution in [0.4, 0.5) is 0 Å². The van der Waals surface area contributed by atoms with Crippen LogP contribution in [0.3, 0.4) is 0 Å². The van der Waals surface area contributed by atoms with E-state index in [2.05, 4.69) is 15.1 Å². The molecular formula is C22H29N3O3. The molecule has 2 aromatic carbocycles. The SMILES string of the molecule is O=C(CN1CCN(C[C@@H](O)COc2ccccc2)CC1)NCc1ccccc1. The van der Waals surface area contributed by atoms with Crippen molar-refractivity contribution < 1.29 is 14.6 Å². The Kier molecular flexibility index (Phi) is 7.84. The molecule has 1 aliphatic heterocycles. The van der Waals surface area contributed by atoms with Crippen LogP contribution in [0.15, 0.2) is 60.7 Å². The van der Waals surface area contributed by atoms with Crippen molar-refractivity contribution in [1.82, 2.24) is 15.1 Å². The summed E-state index contributed by atoms with van der Waals surface area (Å²) in [6, 6.07) is 19.5. The average Bonchev–Trinajstić information content (AvgIpc) is 2.74. The van der Waals surface area contributed by atoms with Crippen molar-refractivity contribution in [2.24, 2.45) is 0 Å². The second-order valence-electron chi connectivity index (χ2n) is 7.12. The molecule has 2 N–H and O–H groups in total. The van der Waals surface area contributed by atoms with Crippen LogP contribution in [0, 0.1) is 0 Å². The summed E-state index contributed by atoms with van der Waals surface area (Å²) in [5.41, 5.74) is 1.10. The highest BCUT2D eigenvalue weighted by atomic mass is 16.5. The maximum absolute atomic E-state index is 12.1. The standard InChI is InChI=1S/C22H29N3O3/c26-20(18-28-21-9-5-2-6-10-21)16-24-11-13-25(14-12-24)17-22(27)23-15-19-7-3-1-4-8-19/h1-10,20,26H,11-18H2,(H,23,27)/t20-/m1/s1. The van der Waals surface area contributed by atoms with Gasteiger partial charge in [-0.25, -0.2) is 0 Å². The smallest absolute Gasteiger partial charge is 0.234 e. The van der Waals surface area contributed by atoms with Gasteiger partial charge in [0.05, 0.1) is 6.54 Å². The van der Waals surface area contributed by atoms with Gasteiger partial charge in [0.25, 0.3) is 0 Å². The van der Waals surface area contributed by atoms with E-state index in [9.17, 15) is 9.90 Å². The van der Waals surface area contributed by atoms with Crippen molar-refractivity contribution in [2.75, 3.05) is 45.9 Å². The van der Waals surface area contributed by atoms with Gasteiger partial charge in [-0.2, -0.15) is 0 Å². The van der Waals surface area contributed by atoms with Gasteiger partial charge >= 0.3 is 0 Å². The van der Waals surface area contributed by atoms with Gasteiger partial charge < -0.3 is 15.2 Å². The van der Waals surface area contributed by atoms with E-state index in [-0.39, 0.29) is 12.5 Å². The molecule has 6 nitrogen and oxygen atoms in total. The van der Waals surface area contributed by atoms with Crippen LogP contribution >= 0.6 is 0 Å². The van der Waals surface area contributed by atoms with Crippen LogP contribution in [-0.4, -0.2) is 72.8 Å². The summed E-state index contributed by atoms with van der Waals surface area (Å²) < 4.78 is 5.61. The van der Waals surface area contributed by atoms with Crippen molar-refractivity contribution in [3.8, 4) is 5.75 Å². The number of nitrogens with one attached hydrogen (secondary N) is 1. The van der Waals surface area contributed by atoms with Crippen LogP contribution in [0.2, 0.25) is 0 Å². The highest BCUT2D eigenvalue weighted by Crippen LogP contribution is 2.09. The zero-order valence-electron chi connectivity index (χ0n) is 16.2. The predicted octanol–water partition coefficient (Wildman–Crippen LogP) is 1.36. The third-order valence-electron chi connectivity index (χ3n) is 4.82. The summed E-state index contributed by atoms with van der Waals surface area (Å²) in [4.78, 5) is 16.5. The van der Waals surface area contributed by atoms with Gasteiger partial charge in [0.15, 0.2) is 0 Å². The quantitative estimate of drug-likeness (QED) is 0.685. The minimum atomic E-state index is -0.527. The fraction of sp³-hybridized carbons (Fsp3) is 0.409. The second kappa shape index (κ2) is 10.8. The number of hydrogen-bond donors (Lipinski definition) is 2. The number of ether oxygens (including phenoxy) is 1. The molecule has 0 saturated carbocycles. The van der Waals surface area contributed by atoms with Crippen molar-refractivity contribution in [1.29, 1.82) is 0 Å². The number of aliphatic hydroxyl groups is 1. The number of amides is 1. The number of β-amino-alcohol motifs (C(OH)–C–C–N with tert-alkyl or cyclic N) is 1. The Morgan fingerprint density at radius 2 is 1.57 bits per heavy atom. The average molecular weight is 383 g/mol. The molecule has 2 aromatic rings. The first-order valence-corrected chi connectivity index (χ1v) is 9.80. The van der Waals surface area contributed by atoms with Crippen LogP contribution < -0.4 is 10.1 Å². The molecule has 1 atom stereocenters. The lowest BCUT2D eigenvalue weighted by Crippen LogP contribution is -2.51. The van der Waals surface area contributed by atoms with Gasteiger partial charge in [-0.15, -0.1) is 0 Å². The number of carbonyl (C=O) groups is 1. The summed E-state index contributed by atoms with van der Waals surface area (Å²) >= 11 is 0. The fourth-order valence-corrected chi connectivity index (χ4v) is 3.25. The summed E-state index contributed by atoms with van der Waals surface area (Å²) in [5.74, 6) is 0.821. The lowest BCUT2D eigenvalue weighted by molar-refractivity contribution is -0.122. The van der Waals surface area contributed by atoms with E-state index >= 15 is 0 Å². The monoisotopic (exact) mass is 383 g/mol. The topological polar surface area (TPSA) is 65.0 Å². The lowest BCUT2D eigenvalue weighted by Gasteiger charge is -2.35. The number of benzene rings is 2. The third-order valence-corrected chi connectivity index (χ3v) is 4.82. The van der Waals surface area contributed by atoms with E-state index in [0.717, 1.165) is 37.5 Å². The van der Waals surface area contributed by atoms with Crippen molar-refractivity contribution in [3.63, 3.8) is 0 Å². The second-order valence-corrected chi connectivity index (χ2v) is 7.12. The zero-order chi connectivity index (χ0) is 19.6. The number of hydrogen-bond acceptors (Lipinski definition) is 5. The van der Waals surface area contributed by atoms with E-state index in [1.807, 2.05) is 60.7 Å². The number of carbonyl (C=O) groups excluding carboxylic acids is 1. The van der Waals surface area contributed by atoms with Gasteiger partial charge in [0.2, 0.25) is 5.91 Å². The van der Waals surface area contributed by atoms with Gasteiger partial charge in [0, 0.05) is 39.3 Å². The Labute approximate surface area is 166 Å². The molecule has 28 heavy (non-hydrogen) atoms. The molecule has 0 spiro atoms. The first-order chi connectivity index (χ1) is 13.7. The summed E-state index contributed by atoms with van der Waals surface area (Å²) in [6.07, 6.45) is -0.527. The molecule has 6 heteroatoms. The fourth-order valence-electron chi connectivity index (χ4n) is 3.25. The van der Waals surface area contributed by atoms with Crippen LogP contribution in [0.25, 0.3) is 0 Å². The van der Waals surface area contributed by atoms with E-state index in [4.69, 9.17) is 4.74 Å². The Morgan fingerprint density at radius 3 is 2.25 bits per heavy atom. The number of para-hydroxylation sites is 1. The van der Waals surface area contributed by atoms with E-state index in [0.29, 0.717) is 19.6 Å². The number of aliphatic hydroxyl groups excluding tert-OH is 1. The molecule has 0 aliphatic carbocycles. The first-order valence-electron chi connectivity index (χ1n) is 9.80. The van der Waals surface area contributed by atoms with Crippen molar-refractivity contribution >= 4 is 5.91 Å². The molecule has 1 fully saturated rings. The van der Waals surface area contributed by atoms with Crippen LogP contribution in [-0.2, 0) is 11.3 Å². The summed E-state index contributed by atoms with van der Waals surface area (Å²) in [5, 5.41) is 13.2. The summed E-state index contributed by atoms with van der Waals surface area (Å²) in [7, 11) is 0. The zero-order valence-corrected chi connectivity index (χ0v) is 16.2. The molecule has 0 unspecified atom stereocenters. The number of piperazine rings is 1. The Bertz CT molecular complexity index is 703. The van der Waals surface area contributed by atoms with E-state index in [1.54, 1.807) is 0 Å². The molecule has 0 bridgehead atoms. The molecular weight excluding hydrogens is 354 g/mol. The third kappa shape index (κ3) is 6.96. The molecule has 1 aliphatic rings. The van der Waals surface area contributed by atoms with Gasteiger partial charge in [-0.1, -0.05) is 48.5 Å². The Balaban J connectivity index is 1.30. The first kappa shape index (κ1) is 20.3. The maximum atomic E-state index is 12.1. The van der Waals surface area contributed by atoms with E-state index < -0.39 is 6.10 Å². The van der Waals surface area contributed by atoms with Gasteiger partial charge in [-0.3, -0.25) is 14.6 Å². The van der Waals surface area contributed by atoms with Gasteiger partial charge in [0.1, 0.15) is 18.5 Å². The van der Waals surface area contributed by atoms with Crippen molar-refractivity contribution in [2.45, 2.75) is 12.6 Å². The normalized spacial score (nSPS) is 16.5. The number of rotatable bonds is 9. The van der Waals surface area contributed by atoms with E-state index in [1.165, 1.54) is 0 Å². The van der Waals surface area contributed by atoms with Crippen LogP contribution in [0.5, 0.6) is 5.75 Å². The molecule has 1 saturated heterocycles. The molecule has 3 rings (SSSR count). The maximum Gasteiger partial charge on any atom is 0.234 e. The predicted molar refractivity (Wildman–Crippen MR) is 109 cm³/mol. The van der Waals surface area contributed by atoms with Gasteiger partial charge in [-0.05, 0) is 17.7 Å². The molecule has 0 aromatic heterocycles. The Morgan fingerprint density at radius 1 is 0.964 bits per heavy atom. The minimum Gasteiger partial charge on any atom is -0.491 e. The molecule has 1 amide bonds. The van der Waals surface area contributed by atoms with Crippen molar-refractivity contribution in [3.05, 3.63) is 66.2 Å². The highest BCUT2D eigenvalue weighted by molar-refractivity contribution is 5.78. The Hall–Kier alpha value is -2.41. The largest absolute Gasteiger partial charge is 0.491 e. The molecule has 1 heterocycles. The highest BCUT2D eigenvalue weighted by Gasteiger charge is 2.21.